The molecule has 0 fully saturated rings. The van der Waals surface area contributed by atoms with Crippen LogP contribution in [0.1, 0.15) is 12.7 Å². The van der Waals surface area contributed by atoms with E-state index in [2.05, 4.69) is 5.32 Å². The van der Waals surface area contributed by atoms with Crippen molar-refractivity contribution in [3.8, 4) is 0 Å². The first-order valence-electron chi connectivity index (χ1n) is 5.35. The van der Waals surface area contributed by atoms with E-state index in [0.29, 0.717) is 19.6 Å². The Balaban J connectivity index is 2.34. The number of furan rings is 1. The van der Waals surface area contributed by atoms with E-state index in [1.807, 2.05) is 24.9 Å². The van der Waals surface area contributed by atoms with Gasteiger partial charge in [-0.2, -0.15) is 0 Å². The number of amides is 1. The SMILES string of the molecule is CC(C(=O)NCc1ccco1)N(C)CCN. The lowest BCUT2D eigenvalue weighted by Gasteiger charge is -2.22. The van der Waals surface area contributed by atoms with Crippen LogP contribution in [0.2, 0.25) is 0 Å². The summed E-state index contributed by atoms with van der Waals surface area (Å²) in [7, 11) is 1.88. The van der Waals surface area contributed by atoms with Gasteiger partial charge in [0.2, 0.25) is 5.91 Å². The van der Waals surface area contributed by atoms with Gasteiger partial charge >= 0.3 is 0 Å². The molecule has 1 atom stereocenters. The number of nitrogens with two attached hydrogens (primary N) is 1. The molecule has 0 aliphatic carbocycles. The van der Waals surface area contributed by atoms with E-state index in [1.54, 1.807) is 12.3 Å². The van der Waals surface area contributed by atoms with Crippen LogP contribution in [0.3, 0.4) is 0 Å². The summed E-state index contributed by atoms with van der Waals surface area (Å²) in [4.78, 5) is 13.6. The summed E-state index contributed by atoms with van der Waals surface area (Å²) in [6.07, 6.45) is 1.59. The molecule has 90 valence electrons. The molecule has 5 nitrogen and oxygen atoms in total. The lowest BCUT2D eigenvalue weighted by molar-refractivity contribution is -0.125. The zero-order chi connectivity index (χ0) is 12.0. The second kappa shape index (κ2) is 6.30. The predicted octanol–water partition coefficient (Wildman–Crippen LogP) is 0.175. The van der Waals surface area contributed by atoms with Crippen LogP contribution in [0, 0.1) is 0 Å². The minimum absolute atomic E-state index is 0.0210. The van der Waals surface area contributed by atoms with Crippen LogP contribution in [-0.2, 0) is 11.3 Å². The maximum absolute atomic E-state index is 11.7. The lowest BCUT2D eigenvalue weighted by atomic mass is 10.2. The number of likely N-dealkylation sites (N-methyl/N-ethyl adjacent to an activating group) is 1. The molecule has 1 aromatic heterocycles. The molecule has 5 heteroatoms. The van der Waals surface area contributed by atoms with Gasteiger partial charge in [-0.1, -0.05) is 0 Å². The zero-order valence-corrected chi connectivity index (χ0v) is 9.77. The molecule has 0 radical (unpaired) electrons. The zero-order valence-electron chi connectivity index (χ0n) is 9.77. The van der Waals surface area contributed by atoms with Crippen molar-refractivity contribution in [2.75, 3.05) is 20.1 Å². The molecule has 1 aromatic rings. The number of nitrogens with zero attached hydrogens (tertiary/aromatic N) is 1. The van der Waals surface area contributed by atoms with E-state index in [1.165, 1.54) is 0 Å². The van der Waals surface area contributed by atoms with Gasteiger partial charge < -0.3 is 15.5 Å². The highest BCUT2D eigenvalue weighted by molar-refractivity contribution is 5.81. The summed E-state index contributed by atoms with van der Waals surface area (Å²) in [5.74, 6) is 0.731. The van der Waals surface area contributed by atoms with Gasteiger partial charge in [-0.15, -0.1) is 0 Å². The van der Waals surface area contributed by atoms with E-state index in [-0.39, 0.29) is 11.9 Å². The summed E-state index contributed by atoms with van der Waals surface area (Å²) < 4.78 is 5.12. The normalized spacial score (nSPS) is 12.8. The van der Waals surface area contributed by atoms with Crippen molar-refractivity contribution in [1.29, 1.82) is 0 Å². The fourth-order valence-corrected chi connectivity index (χ4v) is 1.33. The number of rotatable bonds is 6. The third kappa shape index (κ3) is 3.67. The average Bonchev–Trinajstić information content (AvgIpc) is 2.78. The summed E-state index contributed by atoms with van der Waals surface area (Å²) in [5, 5.41) is 2.81. The van der Waals surface area contributed by atoms with Gasteiger partial charge in [0.05, 0.1) is 18.8 Å². The summed E-state index contributed by atoms with van der Waals surface area (Å²) in [6.45, 7) is 3.53. The van der Waals surface area contributed by atoms with E-state index < -0.39 is 0 Å². The molecule has 0 bridgehead atoms. The Morgan fingerprint density at radius 2 is 2.44 bits per heavy atom. The number of nitrogens with one attached hydrogen (secondary N) is 1. The first-order valence-corrected chi connectivity index (χ1v) is 5.35. The molecule has 1 rings (SSSR count). The monoisotopic (exact) mass is 225 g/mol. The van der Waals surface area contributed by atoms with Gasteiger partial charge in [0.15, 0.2) is 0 Å². The molecule has 0 aliphatic rings. The van der Waals surface area contributed by atoms with Gasteiger partial charge in [-0.3, -0.25) is 9.69 Å². The van der Waals surface area contributed by atoms with E-state index >= 15 is 0 Å². The number of carbonyl (C=O) groups excluding carboxylic acids is 1. The minimum Gasteiger partial charge on any atom is -0.467 e. The van der Waals surface area contributed by atoms with Crippen LogP contribution in [0.25, 0.3) is 0 Å². The molecule has 16 heavy (non-hydrogen) atoms. The highest BCUT2D eigenvalue weighted by atomic mass is 16.3. The second-order valence-electron chi connectivity index (χ2n) is 3.74. The minimum atomic E-state index is -0.182. The largest absolute Gasteiger partial charge is 0.467 e. The number of hydrogen-bond donors (Lipinski definition) is 2. The lowest BCUT2D eigenvalue weighted by Crippen LogP contribution is -2.44. The Bertz CT molecular complexity index is 311. The van der Waals surface area contributed by atoms with Crippen LogP contribution in [0.4, 0.5) is 0 Å². The fraction of sp³-hybridized carbons (Fsp3) is 0.545. The van der Waals surface area contributed by atoms with Crippen molar-refractivity contribution < 1.29 is 9.21 Å². The van der Waals surface area contributed by atoms with Crippen LogP contribution in [-0.4, -0.2) is 37.0 Å². The van der Waals surface area contributed by atoms with Crippen molar-refractivity contribution in [2.24, 2.45) is 5.73 Å². The first kappa shape index (κ1) is 12.7. The Morgan fingerprint density at radius 1 is 1.69 bits per heavy atom. The summed E-state index contributed by atoms with van der Waals surface area (Å²) in [6, 6.07) is 3.44. The van der Waals surface area contributed by atoms with Crippen molar-refractivity contribution in [3.63, 3.8) is 0 Å². The molecule has 0 saturated carbocycles. The molecule has 0 saturated heterocycles. The quantitative estimate of drug-likeness (QED) is 0.724. The highest BCUT2D eigenvalue weighted by Gasteiger charge is 2.16. The van der Waals surface area contributed by atoms with Gasteiger partial charge in [0, 0.05) is 13.1 Å². The van der Waals surface area contributed by atoms with Gasteiger partial charge in [-0.25, -0.2) is 0 Å². The van der Waals surface area contributed by atoms with Crippen molar-refractivity contribution in [1.82, 2.24) is 10.2 Å². The molecule has 0 aliphatic heterocycles. The number of carbonyl (C=O) groups is 1. The van der Waals surface area contributed by atoms with Crippen LogP contribution in [0.15, 0.2) is 22.8 Å². The van der Waals surface area contributed by atoms with Crippen LogP contribution < -0.4 is 11.1 Å². The molecular formula is C11H19N3O2. The van der Waals surface area contributed by atoms with Crippen molar-refractivity contribution in [3.05, 3.63) is 24.2 Å². The van der Waals surface area contributed by atoms with Crippen LogP contribution in [0.5, 0.6) is 0 Å². The smallest absolute Gasteiger partial charge is 0.237 e. The molecular weight excluding hydrogens is 206 g/mol. The van der Waals surface area contributed by atoms with Gasteiger partial charge in [0.25, 0.3) is 0 Å². The fourth-order valence-electron chi connectivity index (χ4n) is 1.33. The molecule has 1 heterocycles. The maximum atomic E-state index is 11.7. The standard InChI is InChI=1S/C11H19N3O2/c1-9(14(2)6-5-12)11(15)13-8-10-4-3-7-16-10/h3-4,7,9H,5-6,8,12H2,1-2H3,(H,13,15). The maximum Gasteiger partial charge on any atom is 0.237 e. The third-order valence-corrected chi connectivity index (χ3v) is 2.54. The summed E-state index contributed by atoms with van der Waals surface area (Å²) >= 11 is 0. The Morgan fingerprint density at radius 3 is 3.00 bits per heavy atom. The molecule has 0 spiro atoms. The summed E-state index contributed by atoms with van der Waals surface area (Å²) in [5.41, 5.74) is 5.43. The van der Waals surface area contributed by atoms with E-state index in [4.69, 9.17) is 10.2 Å². The average molecular weight is 225 g/mol. The molecule has 1 unspecified atom stereocenters. The second-order valence-corrected chi connectivity index (χ2v) is 3.74. The van der Waals surface area contributed by atoms with Crippen molar-refractivity contribution in [2.45, 2.75) is 19.5 Å². The van der Waals surface area contributed by atoms with Gasteiger partial charge in [0.1, 0.15) is 5.76 Å². The van der Waals surface area contributed by atoms with E-state index in [0.717, 1.165) is 5.76 Å². The predicted molar refractivity (Wildman–Crippen MR) is 61.7 cm³/mol. The number of hydrogen-bond acceptors (Lipinski definition) is 4. The third-order valence-electron chi connectivity index (χ3n) is 2.54. The Labute approximate surface area is 95.6 Å². The van der Waals surface area contributed by atoms with E-state index in [9.17, 15) is 4.79 Å². The Kier molecular flexibility index (Phi) is 5.01. The molecule has 3 N–H and O–H groups in total. The molecule has 1 amide bonds. The highest BCUT2D eigenvalue weighted by Crippen LogP contribution is 2.00. The first-order chi connectivity index (χ1) is 7.65. The topological polar surface area (TPSA) is 71.5 Å². The van der Waals surface area contributed by atoms with Crippen molar-refractivity contribution >= 4 is 5.91 Å². The van der Waals surface area contributed by atoms with Gasteiger partial charge in [-0.05, 0) is 26.1 Å². The Hall–Kier alpha value is -1.33. The molecule has 0 aromatic carbocycles. The van der Waals surface area contributed by atoms with Crippen LogP contribution >= 0.6 is 0 Å².